The number of hydrogen-bond acceptors (Lipinski definition) is 4. The summed E-state index contributed by atoms with van der Waals surface area (Å²) in [6.45, 7) is 31.2. The third-order valence-electron chi connectivity index (χ3n) is 0.476. The van der Waals surface area contributed by atoms with Crippen molar-refractivity contribution in [2.45, 2.75) is 34.6 Å². The normalized spacial score (nSPS) is 4.00. The molecule has 0 atom stereocenters. The zero-order chi connectivity index (χ0) is 23.3. The van der Waals surface area contributed by atoms with Gasteiger partial charge in [0.15, 0.2) is 11.6 Å². The molecule has 0 unspecified atom stereocenters. The summed E-state index contributed by atoms with van der Waals surface area (Å²) >= 11 is 4.02. The first kappa shape index (κ1) is 106. The van der Waals surface area contributed by atoms with Gasteiger partial charge < -0.3 is 49.6 Å². The molecule has 5 nitrogen and oxygen atoms in total. The Morgan fingerprint density at radius 1 is 0.759 bits per heavy atom. The van der Waals surface area contributed by atoms with Crippen LogP contribution in [-0.2, 0) is 14.3 Å². The molecule has 0 saturated carbocycles. The minimum atomic E-state index is -0.505. The second-order valence-electron chi connectivity index (χ2n) is 1.19. The van der Waals surface area contributed by atoms with E-state index < -0.39 is 11.2 Å². The standard InChI is InChI=1S/C4H5O2.C3H4ClO.5C2H5.CH4O.CH3O.4Rf/c1-3-4(5)6-2;1-2-3(4)5;7*1-2;;;;/h3H,1-2H2;2,4H,1H2;5*1H2,2H3;1-2H2;2H,1H2;;;;/q-1;+1;5*-1;;-1;;;;. The maximum Gasteiger partial charge on any atom is 0.423 e. The first-order chi connectivity index (χ1) is 12.1. The van der Waals surface area contributed by atoms with Crippen LogP contribution < -0.4 is 0 Å². The Balaban J connectivity index is -0.00000000936. The summed E-state index contributed by atoms with van der Waals surface area (Å²) in [5.74, 6) is -0.505. The third-order valence-corrected chi connectivity index (χ3v) is 0.642. The van der Waals surface area contributed by atoms with Crippen molar-refractivity contribution in [2.75, 3.05) is 0 Å². The second kappa shape index (κ2) is 742. The van der Waals surface area contributed by atoms with Crippen LogP contribution >= 0.6 is 0 Å². The summed E-state index contributed by atoms with van der Waals surface area (Å²) in [5.41, 5.74) is 0. The summed E-state index contributed by atoms with van der Waals surface area (Å²) in [6.07, 6.45) is 2.14. The number of halogens is 1. The van der Waals surface area contributed by atoms with Gasteiger partial charge in [0.1, 0.15) is 0 Å². The number of rotatable bonds is 2. The van der Waals surface area contributed by atoms with E-state index in [1.54, 1.807) is 34.6 Å². The van der Waals surface area contributed by atoms with Crippen LogP contribution in [0, 0.1) is 67.5 Å². The van der Waals surface area contributed by atoms with E-state index in [2.05, 4.69) is 85.4 Å². The van der Waals surface area contributed by atoms with E-state index in [-0.39, 0.29) is 0 Å². The molecule has 0 amide bonds. The maximum atomic E-state index is 9.78. The molecule has 0 spiro atoms. The van der Waals surface area contributed by atoms with Gasteiger partial charge in [-0.1, -0.05) is 20.3 Å². The minimum Gasteiger partial charge on any atom is -0.637 e. The number of carbonyl (C=O) groups excluding carboxylic acids is 2. The SMILES string of the molecule is C=CC(=O)O[CH2-].C=CC(=O)[ClH+].[CH2-]C.[CH2-]C.[CH2-]C.[CH2-]C.[CH2-]C.[CH2-]O.[CH2-][OH2+].[Rf].[Rf].[Rf].[Rf]. The van der Waals surface area contributed by atoms with Crippen molar-refractivity contribution in [1.82, 2.24) is 0 Å². The molecule has 0 aliphatic carbocycles. The van der Waals surface area contributed by atoms with E-state index in [0.717, 1.165) is 12.2 Å². The molecular weight excluding hydrogens is 1410 g/mol. The van der Waals surface area contributed by atoms with Crippen molar-refractivity contribution < 1.29 is 36.1 Å². The van der Waals surface area contributed by atoms with Crippen LogP contribution in [0.15, 0.2) is 25.3 Å². The molecule has 0 bridgehead atoms. The Hall–Kier alpha value is -5.17. The molecule has 10 heteroatoms. The van der Waals surface area contributed by atoms with Gasteiger partial charge in [-0.3, -0.25) is 0 Å². The van der Waals surface area contributed by atoms with E-state index in [0.29, 0.717) is 0 Å². The van der Waals surface area contributed by atoms with Gasteiger partial charge in [0.05, 0.1) is 0 Å². The molecule has 0 aromatic heterocycles. The Kier molecular flexibility index (Phi) is 2710. The quantitative estimate of drug-likeness (QED) is 0.147. The molecular formula is C19H41ClO5Rf4-6. The van der Waals surface area contributed by atoms with Gasteiger partial charge in [0, 0.05) is 12.2 Å². The average molecular weight is 1450 g/mol. The predicted octanol–water partition coefficient (Wildman–Crippen LogP) is 4.34. The molecule has 0 saturated heterocycles. The number of esters is 1. The minimum absolute atomic E-state index is 0. The van der Waals surface area contributed by atoms with Crippen LogP contribution in [0.5, 0.6) is 0 Å². The zero-order valence-corrected chi connectivity index (χ0v) is 46.0. The van der Waals surface area contributed by atoms with Gasteiger partial charge in [-0.05, 0) is 0 Å². The zero-order valence-electron chi connectivity index (χ0n) is 19.6. The van der Waals surface area contributed by atoms with Crippen LogP contribution in [0.2, 0.25) is 0 Å². The van der Waals surface area contributed by atoms with Gasteiger partial charge in [0.2, 0.25) is 0 Å². The Bertz CT molecular complexity index is 190. The third kappa shape index (κ3) is 14400. The second-order valence-corrected chi connectivity index (χ2v) is 1.59. The summed E-state index contributed by atoms with van der Waals surface area (Å²) < 4.78 is 3.89. The number of aliphatic hydroxyl groups excluding tert-OH is 1. The van der Waals surface area contributed by atoms with Gasteiger partial charge >= 0.3 is 5.24 Å². The largest absolute Gasteiger partial charge is 0.637 e. The predicted molar refractivity (Wildman–Crippen MR) is 110 cm³/mol. The number of hydrogen-bond donors (Lipinski definition) is 1. The molecule has 0 aliphatic rings. The fourth-order valence-electron chi connectivity index (χ4n) is 0.0589. The van der Waals surface area contributed by atoms with Crippen LogP contribution in [0.4, 0.5) is 0 Å². The number of ether oxygens (including phenoxy) is 1. The van der Waals surface area contributed by atoms with E-state index in [1.807, 2.05) is 0 Å². The average Bonchev–Trinajstić information content (AvgIpc) is 2.77. The first-order valence-corrected chi connectivity index (χ1v) is 7.11. The molecule has 29 heavy (non-hydrogen) atoms. The molecule has 0 rings (SSSR count). The van der Waals surface area contributed by atoms with Crippen molar-refractivity contribution in [3.05, 3.63) is 81.3 Å². The fraction of sp³-hybridized carbons (Fsp3) is 0.263. The fourth-order valence-corrected chi connectivity index (χ4v) is 0.0589. The number of aliphatic hydroxyl groups is 1. The smallest absolute Gasteiger partial charge is 0.423 e. The van der Waals surface area contributed by atoms with Crippen molar-refractivity contribution in [1.29, 1.82) is 0 Å². The first-order valence-electron chi connectivity index (χ1n) is 6.70. The van der Waals surface area contributed by atoms with E-state index >= 15 is 0 Å². The van der Waals surface area contributed by atoms with Crippen molar-refractivity contribution in [3.63, 3.8) is 0 Å². The Labute approximate surface area is 163 Å². The van der Waals surface area contributed by atoms with Crippen LogP contribution in [0.1, 0.15) is 34.6 Å². The van der Waals surface area contributed by atoms with Gasteiger partial charge in [-0.15, -0.1) is 0 Å². The Morgan fingerprint density at radius 3 is 0.897 bits per heavy atom. The van der Waals surface area contributed by atoms with Gasteiger partial charge in [0.25, 0.3) is 5.97 Å². The maximum absolute atomic E-state index is 9.78. The molecule has 0 radical (unpaired) electrons. The topological polar surface area (TPSA) is 86.5 Å². The van der Waals surface area contributed by atoms with Crippen molar-refractivity contribution >= 4 is 11.2 Å². The molecule has 0 aromatic carbocycles. The Morgan fingerprint density at radius 2 is 0.897 bits per heavy atom. The summed E-state index contributed by atoms with van der Waals surface area (Å²) in [7, 11) is 7.59. The van der Waals surface area contributed by atoms with Crippen molar-refractivity contribution in [3.8, 4) is 0 Å². The molecule has 3 N–H and O–H groups in total. The summed E-state index contributed by atoms with van der Waals surface area (Å²) in [5, 5.41) is 11.9. The van der Waals surface area contributed by atoms with Crippen molar-refractivity contribution in [2.24, 2.45) is 0 Å². The van der Waals surface area contributed by atoms with Gasteiger partial charge in [-0.25, -0.2) is 16.7 Å². The van der Waals surface area contributed by atoms with E-state index in [4.69, 9.17) is 10.2 Å². The molecule has 0 fully saturated rings. The monoisotopic (exact) mass is 1450 g/mol. The van der Waals surface area contributed by atoms with Crippen LogP contribution in [-0.4, -0.2) is 21.4 Å². The van der Waals surface area contributed by atoms with Gasteiger partial charge in [-0.2, -0.15) is 41.7 Å². The van der Waals surface area contributed by atoms with E-state index in [9.17, 15) is 9.59 Å². The van der Waals surface area contributed by atoms with E-state index in [1.165, 1.54) is 0 Å². The molecule has 0 aliphatic heterocycles. The molecule has 168 valence electrons. The molecule has 0 aromatic rings. The number of carbonyl (C=O) groups is 2. The summed E-state index contributed by atoms with van der Waals surface area (Å²) in [4.78, 5) is 19.3. The number of allylic oxidation sites excluding steroid dienone is 1. The van der Waals surface area contributed by atoms with Crippen LogP contribution in [0.25, 0.3) is 0 Å². The van der Waals surface area contributed by atoms with Crippen LogP contribution in [0.3, 0.4) is 0 Å². The summed E-state index contributed by atoms with van der Waals surface area (Å²) in [6, 6.07) is 0. The molecule has 0 heterocycles.